The summed E-state index contributed by atoms with van der Waals surface area (Å²) in [6, 6.07) is 9.87. The van der Waals surface area contributed by atoms with Crippen molar-refractivity contribution in [2.24, 2.45) is 11.7 Å². The molecule has 2 heterocycles. The number of nitrogens with two attached hydrogens (primary N) is 1. The van der Waals surface area contributed by atoms with E-state index in [4.69, 9.17) is 5.73 Å². The summed E-state index contributed by atoms with van der Waals surface area (Å²) < 4.78 is 1.82. The lowest BCUT2D eigenvalue weighted by atomic mass is 9.85. The molecule has 1 fully saturated rings. The Morgan fingerprint density at radius 2 is 1.88 bits per heavy atom. The normalized spacial score (nSPS) is 19.4. The second-order valence-corrected chi connectivity index (χ2v) is 8.45. The molecule has 0 unspecified atom stereocenters. The molecule has 0 saturated heterocycles. The maximum absolute atomic E-state index is 13.3. The van der Waals surface area contributed by atoms with E-state index < -0.39 is 0 Å². The highest BCUT2D eigenvalue weighted by molar-refractivity contribution is 6.06. The Kier molecular flexibility index (Phi) is 6.39. The zero-order chi connectivity index (χ0) is 22.7. The van der Waals surface area contributed by atoms with Crippen LogP contribution in [0.5, 0.6) is 0 Å². The highest BCUT2D eigenvalue weighted by atomic mass is 16.2. The predicted molar refractivity (Wildman–Crippen MR) is 124 cm³/mol. The maximum Gasteiger partial charge on any atom is 0.255 e. The van der Waals surface area contributed by atoms with Crippen LogP contribution in [0.4, 0.5) is 5.69 Å². The van der Waals surface area contributed by atoms with E-state index in [2.05, 4.69) is 20.7 Å². The molecular weight excluding hydrogens is 404 g/mol. The fourth-order valence-electron chi connectivity index (χ4n) is 4.41. The lowest BCUT2D eigenvalue weighted by Gasteiger charge is -2.29. The number of benzene rings is 1. The molecule has 32 heavy (non-hydrogen) atoms. The summed E-state index contributed by atoms with van der Waals surface area (Å²) in [5.41, 5.74) is 8.50. The molecular formula is C24H30N6O2. The molecule has 0 bridgehead atoms. The van der Waals surface area contributed by atoms with Crippen molar-refractivity contribution in [3.63, 3.8) is 0 Å². The molecule has 168 valence electrons. The lowest BCUT2D eigenvalue weighted by Crippen LogP contribution is -2.33. The number of nitrogens with one attached hydrogen (secondary N) is 2. The first-order chi connectivity index (χ1) is 15.5. The topological polar surface area (TPSA) is 115 Å². The summed E-state index contributed by atoms with van der Waals surface area (Å²) in [5, 5.41) is 11.9. The lowest BCUT2D eigenvalue weighted by molar-refractivity contribution is -0.122. The molecule has 4 N–H and O–H groups in total. The van der Waals surface area contributed by atoms with Gasteiger partial charge in [-0.2, -0.15) is 5.10 Å². The Hall–Kier alpha value is -3.42. The molecule has 2 amide bonds. The molecule has 1 aromatic carbocycles. The van der Waals surface area contributed by atoms with Crippen molar-refractivity contribution in [3.8, 4) is 0 Å². The number of hydrogen-bond acceptors (Lipinski definition) is 5. The fourth-order valence-corrected chi connectivity index (χ4v) is 4.41. The predicted octanol–water partition coefficient (Wildman–Crippen LogP) is 3.40. The monoisotopic (exact) mass is 434 g/mol. The molecule has 1 aliphatic rings. The zero-order valence-electron chi connectivity index (χ0n) is 18.5. The summed E-state index contributed by atoms with van der Waals surface area (Å²) in [4.78, 5) is 29.3. The second kappa shape index (κ2) is 9.38. The molecule has 4 rings (SSSR count). The van der Waals surface area contributed by atoms with E-state index >= 15 is 0 Å². The van der Waals surface area contributed by atoms with Crippen molar-refractivity contribution >= 4 is 28.5 Å². The number of carbonyl (C=O) groups excluding carboxylic acids is 2. The van der Waals surface area contributed by atoms with Gasteiger partial charge in [-0.15, -0.1) is 0 Å². The average molecular weight is 435 g/mol. The van der Waals surface area contributed by atoms with Crippen LogP contribution in [0.25, 0.3) is 11.0 Å². The van der Waals surface area contributed by atoms with Gasteiger partial charge in [0, 0.05) is 24.7 Å². The molecule has 0 spiro atoms. The number of fused-ring (bicyclic) bond motifs is 1. The van der Waals surface area contributed by atoms with Gasteiger partial charge in [0.15, 0.2) is 5.65 Å². The SMILES string of the molecule is CCn1ncc2c(NC3CCC(C(N)=O)CC3)c(C(=O)N[C@H](C)c3ccccc3)cnc21. The quantitative estimate of drug-likeness (QED) is 0.527. The minimum Gasteiger partial charge on any atom is -0.381 e. The van der Waals surface area contributed by atoms with E-state index in [1.807, 2.05) is 48.9 Å². The second-order valence-electron chi connectivity index (χ2n) is 8.45. The highest BCUT2D eigenvalue weighted by Crippen LogP contribution is 2.31. The number of pyridine rings is 1. The van der Waals surface area contributed by atoms with Crippen molar-refractivity contribution in [2.45, 2.75) is 58.2 Å². The number of hydrogen-bond donors (Lipinski definition) is 3. The molecule has 1 atom stereocenters. The van der Waals surface area contributed by atoms with Gasteiger partial charge in [-0.25, -0.2) is 9.67 Å². The van der Waals surface area contributed by atoms with Crippen LogP contribution in [-0.2, 0) is 11.3 Å². The van der Waals surface area contributed by atoms with Crippen molar-refractivity contribution in [2.75, 3.05) is 5.32 Å². The van der Waals surface area contributed by atoms with Gasteiger partial charge in [-0.1, -0.05) is 30.3 Å². The minimum atomic E-state index is -0.228. The molecule has 0 radical (unpaired) electrons. The Morgan fingerprint density at radius 3 is 2.53 bits per heavy atom. The van der Waals surface area contributed by atoms with Crippen LogP contribution in [0.15, 0.2) is 42.7 Å². The van der Waals surface area contributed by atoms with Gasteiger partial charge in [0.05, 0.1) is 28.9 Å². The van der Waals surface area contributed by atoms with Gasteiger partial charge < -0.3 is 16.4 Å². The standard InChI is InChI=1S/C24H30N6O2/c1-3-30-23-19(14-27-30)21(29-18-11-9-17(10-12-18)22(25)31)20(13-26-23)24(32)28-15(2)16-7-5-4-6-8-16/h4-8,13-15,17-18H,3,9-12H2,1-2H3,(H2,25,31)(H,26,29)(H,28,32)/t15-,17?,18?/m1/s1. The Morgan fingerprint density at radius 1 is 1.16 bits per heavy atom. The van der Waals surface area contributed by atoms with E-state index in [0.29, 0.717) is 12.1 Å². The Bertz CT molecular complexity index is 1100. The Balaban J connectivity index is 1.62. The maximum atomic E-state index is 13.3. The van der Waals surface area contributed by atoms with Gasteiger partial charge in [-0.3, -0.25) is 9.59 Å². The van der Waals surface area contributed by atoms with Crippen LogP contribution in [0, 0.1) is 5.92 Å². The summed E-state index contributed by atoms with van der Waals surface area (Å²) in [5.74, 6) is -0.481. The van der Waals surface area contributed by atoms with Crippen LogP contribution in [0.3, 0.4) is 0 Å². The third kappa shape index (κ3) is 4.44. The molecule has 8 heteroatoms. The number of amides is 2. The third-order valence-electron chi connectivity index (χ3n) is 6.34. The third-order valence-corrected chi connectivity index (χ3v) is 6.34. The molecule has 1 aliphatic carbocycles. The minimum absolute atomic E-state index is 0.0668. The van der Waals surface area contributed by atoms with Crippen molar-refractivity contribution in [3.05, 3.63) is 53.9 Å². The molecule has 0 aliphatic heterocycles. The first-order valence-corrected chi connectivity index (χ1v) is 11.2. The highest BCUT2D eigenvalue weighted by Gasteiger charge is 2.27. The first kappa shape index (κ1) is 21.8. The van der Waals surface area contributed by atoms with E-state index in [-0.39, 0.29) is 29.8 Å². The van der Waals surface area contributed by atoms with Crippen molar-refractivity contribution < 1.29 is 9.59 Å². The van der Waals surface area contributed by atoms with E-state index in [0.717, 1.165) is 48.0 Å². The number of primary amides is 1. The van der Waals surface area contributed by atoms with Gasteiger partial charge >= 0.3 is 0 Å². The zero-order valence-corrected chi connectivity index (χ0v) is 18.5. The van der Waals surface area contributed by atoms with Crippen molar-refractivity contribution in [1.29, 1.82) is 0 Å². The average Bonchev–Trinajstić information content (AvgIpc) is 3.23. The summed E-state index contributed by atoms with van der Waals surface area (Å²) in [7, 11) is 0. The first-order valence-electron chi connectivity index (χ1n) is 11.2. The van der Waals surface area contributed by atoms with Gasteiger partial charge in [0.1, 0.15) is 0 Å². The van der Waals surface area contributed by atoms with Gasteiger partial charge in [0.2, 0.25) is 5.91 Å². The number of carbonyl (C=O) groups is 2. The van der Waals surface area contributed by atoms with Crippen LogP contribution < -0.4 is 16.4 Å². The summed E-state index contributed by atoms with van der Waals surface area (Å²) in [6.07, 6.45) is 6.53. The largest absolute Gasteiger partial charge is 0.381 e. The summed E-state index contributed by atoms with van der Waals surface area (Å²) in [6.45, 7) is 4.66. The molecule has 2 aromatic heterocycles. The van der Waals surface area contributed by atoms with Crippen LogP contribution in [0.1, 0.15) is 61.5 Å². The van der Waals surface area contributed by atoms with E-state index in [1.54, 1.807) is 12.4 Å². The number of rotatable bonds is 7. The molecule has 8 nitrogen and oxygen atoms in total. The molecule has 3 aromatic rings. The smallest absolute Gasteiger partial charge is 0.255 e. The van der Waals surface area contributed by atoms with Crippen LogP contribution in [-0.4, -0.2) is 32.6 Å². The number of nitrogens with zero attached hydrogens (tertiary/aromatic N) is 3. The van der Waals surface area contributed by atoms with Crippen LogP contribution >= 0.6 is 0 Å². The van der Waals surface area contributed by atoms with E-state index in [1.165, 1.54) is 0 Å². The Labute approximate surface area is 187 Å². The number of aryl methyl sites for hydroxylation is 1. The number of anilines is 1. The fraction of sp³-hybridized carbons (Fsp3) is 0.417. The van der Waals surface area contributed by atoms with Gasteiger partial charge in [-0.05, 0) is 45.1 Å². The van der Waals surface area contributed by atoms with Gasteiger partial charge in [0.25, 0.3) is 5.91 Å². The van der Waals surface area contributed by atoms with Crippen molar-refractivity contribution in [1.82, 2.24) is 20.1 Å². The number of aromatic nitrogens is 3. The summed E-state index contributed by atoms with van der Waals surface area (Å²) >= 11 is 0. The van der Waals surface area contributed by atoms with E-state index in [9.17, 15) is 9.59 Å². The molecule has 1 saturated carbocycles. The van der Waals surface area contributed by atoms with Crippen LogP contribution in [0.2, 0.25) is 0 Å².